The minimum atomic E-state index is -0.0401. The first kappa shape index (κ1) is 18.9. The lowest BCUT2D eigenvalue weighted by atomic mass is 10.1. The molecule has 1 aliphatic rings. The Labute approximate surface area is 159 Å². The number of hydrogen-bond donors (Lipinski definition) is 0. The van der Waals surface area contributed by atoms with Gasteiger partial charge in [0, 0.05) is 43.8 Å². The summed E-state index contributed by atoms with van der Waals surface area (Å²) in [6.07, 6.45) is 1.55. The molecule has 0 atom stereocenters. The van der Waals surface area contributed by atoms with Crippen LogP contribution in [0.2, 0.25) is 0 Å². The molecule has 0 saturated carbocycles. The van der Waals surface area contributed by atoms with E-state index in [-0.39, 0.29) is 12.0 Å². The highest BCUT2D eigenvalue weighted by molar-refractivity contribution is 5.97. The third-order valence-electron chi connectivity index (χ3n) is 4.60. The predicted molar refractivity (Wildman–Crippen MR) is 101 cm³/mol. The zero-order valence-corrected chi connectivity index (χ0v) is 16.2. The van der Waals surface area contributed by atoms with Gasteiger partial charge in [0.2, 0.25) is 5.88 Å². The molecule has 2 aromatic rings. The molecule has 2 heterocycles. The lowest BCUT2D eigenvalue weighted by Gasteiger charge is -2.32. The van der Waals surface area contributed by atoms with Gasteiger partial charge in [0.1, 0.15) is 23.4 Å². The van der Waals surface area contributed by atoms with Crippen molar-refractivity contribution < 1.29 is 19.0 Å². The Balaban J connectivity index is 1.62. The van der Waals surface area contributed by atoms with Gasteiger partial charge in [-0.3, -0.25) is 4.79 Å². The second-order valence-corrected chi connectivity index (χ2v) is 6.57. The van der Waals surface area contributed by atoms with Crippen molar-refractivity contribution in [3.8, 4) is 17.4 Å². The maximum absolute atomic E-state index is 12.9. The number of likely N-dealkylation sites (tertiary alicyclic amines) is 1. The van der Waals surface area contributed by atoms with Gasteiger partial charge in [-0.15, -0.1) is 0 Å². The van der Waals surface area contributed by atoms with Gasteiger partial charge in [0.25, 0.3) is 5.91 Å². The smallest absolute Gasteiger partial charge is 0.257 e. The molecule has 3 rings (SSSR count). The number of carbonyl (C=O) groups excluding carboxylic acids is 1. The minimum absolute atomic E-state index is 0.0401. The maximum Gasteiger partial charge on any atom is 0.257 e. The fraction of sp³-hybridized carbons (Fsp3) is 0.450. The SMILES string of the molecule is COc1ccc(C(=O)N2CCC(Oc3cc(C)nc(C)n3)CC2)c(OC)c1. The topological polar surface area (TPSA) is 73.8 Å². The molecule has 0 bridgehead atoms. The van der Waals surface area contributed by atoms with Gasteiger partial charge in [0.15, 0.2) is 0 Å². The van der Waals surface area contributed by atoms with E-state index >= 15 is 0 Å². The summed E-state index contributed by atoms with van der Waals surface area (Å²) >= 11 is 0. The van der Waals surface area contributed by atoms with Gasteiger partial charge >= 0.3 is 0 Å². The van der Waals surface area contributed by atoms with Crippen LogP contribution >= 0.6 is 0 Å². The second-order valence-electron chi connectivity index (χ2n) is 6.57. The first-order valence-electron chi connectivity index (χ1n) is 9.00. The highest BCUT2D eigenvalue weighted by atomic mass is 16.5. The third-order valence-corrected chi connectivity index (χ3v) is 4.60. The molecule has 1 amide bonds. The Bertz CT molecular complexity index is 797. The lowest BCUT2D eigenvalue weighted by molar-refractivity contribution is 0.0584. The van der Waals surface area contributed by atoms with Gasteiger partial charge in [-0.1, -0.05) is 0 Å². The van der Waals surface area contributed by atoms with E-state index < -0.39 is 0 Å². The van der Waals surface area contributed by atoms with Crippen molar-refractivity contribution in [2.45, 2.75) is 32.8 Å². The summed E-state index contributed by atoms with van der Waals surface area (Å²) in [7, 11) is 3.14. The van der Waals surface area contributed by atoms with E-state index in [9.17, 15) is 4.79 Å². The number of rotatable bonds is 5. The molecule has 27 heavy (non-hydrogen) atoms. The van der Waals surface area contributed by atoms with Crippen molar-refractivity contribution >= 4 is 5.91 Å². The van der Waals surface area contributed by atoms with Crippen LogP contribution in [0.4, 0.5) is 0 Å². The molecule has 1 saturated heterocycles. The number of nitrogens with zero attached hydrogens (tertiary/aromatic N) is 3. The Morgan fingerprint density at radius 3 is 2.44 bits per heavy atom. The molecule has 144 valence electrons. The highest BCUT2D eigenvalue weighted by Gasteiger charge is 2.27. The Morgan fingerprint density at radius 1 is 1.07 bits per heavy atom. The van der Waals surface area contributed by atoms with Crippen LogP contribution in [0.25, 0.3) is 0 Å². The van der Waals surface area contributed by atoms with Crippen LogP contribution in [0, 0.1) is 13.8 Å². The third kappa shape index (κ3) is 4.48. The van der Waals surface area contributed by atoms with Crippen LogP contribution in [0.5, 0.6) is 17.4 Å². The van der Waals surface area contributed by atoms with E-state index in [1.165, 1.54) is 0 Å². The number of piperidine rings is 1. The van der Waals surface area contributed by atoms with E-state index in [0.717, 1.165) is 18.5 Å². The maximum atomic E-state index is 12.9. The van der Waals surface area contributed by atoms with E-state index in [0.29, 0.717) is 41.9 Å². The van der Waals surface area contributed by atoms with Crippen LogP contribution in [0.3, 0.4) is 0 Å². The molecule has 0 N–H and O–H groups in total. The largest absolute Gasteiger partial charge is 0.497 e. The number of amides is 1. The van der Waals surface area contributed by atoms with E-state index in [4.69, 9.17) is 14.2 Å². The second kappa shape index (κ2) is 8.24. The predicted octanol–water partition coefficient (Wildman–Crippen LogP) is 2.79. The van der Waals surface area contributed by atoms with Gasteiger partial charge in [-0.2, -0.15) is 4.98 Å². The normalized spacial score (nSPS) is 14.7. The Morgan fingerprint density at radius 2 is 1.81 bits per heavy atom. The van der Waals surface area contributed by atoms with E-state index in [1.807, 2.05) is 24.8 Å². The summed E-state index contributed by atoms with van der Waals surface area (Å²) in [6.45, 7) is 5.03. The quantitative estimate of drug-likeness (QED) is 0.805. The number of hydrogen-bond acceptors (Lipinski definition) is 6. The van der Waals surface area contributed by atoms with Crippen LogP contribution in [-0.4, -0.2) is 54.2 Å². The van der Waals surface area contributed by atoms with Crippen molar-refractivity contribution in [1.29, 1.82) is 0 Å². The number of ether oxygens (including phenoxy) is 3. The molecule has 0 radical (unpaired) electrons. The Kier molecular flexibility index (Phi) is 5.78. The van der Waals surface area contributed by atoms with Crippen LogP contribution in [-0.2, 0) is 0 Å². The molecular weight excluding hydrogens is 346 g/mol. The lowest BCUT2D eigenvalue weighted by Crippen LogP contribution is -2.42. The van der Waals surface area contributed by atoms with Crippen LogP contribution in [0.15, 0.2) is 24.3 Å². The first-order chi connectivity index (χ1) is 13.0. The Hall–Kier alpha value is -2.83. The summed E-state index contributed by atoms with van der Waals surface area (Å²) in [5.74, 6) is 2.43. The highest BCUT2D eigenvalue weighted by Crippen LogP contribution is 2.27. The minimum Gasteiger partial charge on any atom is -0.497 e. The van der Waals surface area contributed by atoms with Crippen molar-refractivity contribution in [1.82, 2.24) is 14.9 Å². The van der Waals surface area contributed by atoms with Crippen molar-refractivity contribution in [2.24, 2.45) is 0 Å². The summed E-state index contributed by atoms with van der Waals surface area (Å²) in [4.78, 5) is 23.3. The van der Waals surface area contributed by atoms with Crippen molar-refractivity contribution in [3.63, 3.8) is 0 Å². The summed E-state index contributed by atoms with van der Waals surface area (Å²) in [6, 6.07) is 7.08. The monoisotopic (exact) mass is 371 g/mol. The molecule has 1 aromatic carbocycles. The molecule has 1 aliphatic heterocycles. The fourth-order valence-corrected chi connectivity index (χ4v) is 3.24. The van der Waals surface area contributed by atoms with Crippen molar-refractivity contribution in [2.75, 3.05) is 27.3 Å². The van der Waals surface area contributed by atoms with Crippen LogP contribution in [0.1, 0.15) is 34.7 Å². The fourth-order valence-electron chi connectivity index (χ4n) is 3.24. The first-order valence-corrected chi connectivity index (χ1v) is 9.00. The number of methoxy groups -OCH3 is 2. The molecule has 0 aliphatic carbocycles. The zero-order valence-electron chi connectivity index (χ0n) is 16.2. The van der Waals surface area contributed by atoms with Crippen LogP contribution < -0.4 is 14.2 Å². The summed E-state index contributed by atoms with van der Waals surface area (Å²) in [5, 5.41) is 0. The standard InChI is InChI=1S/C20H25N3O4/c1-13-11-19(22-14(2)21-13)27-15-7-9-23(10-8-15)20(24)17-6-5-16(25-3)12-18(17)26-4/h5-6,11-12,15H,7-10H2,1-4H3. The number of benzene rings is 1. The number of carbonyl (C=O) groups is 1. The number of aromatic nitrogens is 2. The van der Waals surface area contributed by atoms with Gasteiger partial charge in [0.05, 0.1) is 19.8 Å². The molecule has 7 heteroatoms. The molecule has 0 unspecified atom stereocenters. The van der Waals surface area contributed by atoms with Gasteiger partial charge in [-0.05, 0) is 26.0 Å². The average molecular weight is 371 g/mol. The molecular formula is C20H25N3O4. The van der Waals surface area contributed by atoms with Gasteiger partial charge in [-0.25, -0.2) is 4.98 Å². The molecule has 1 aromatic heterocycles. The average Bonchev–Trinajstić information content (AvgIpc) is 2.66. The van der Waals surface area contributed by atoms with E-state index in [2.05, 4.69) is 9.97 Å². The summed E-state index contributed by atoms with van der Waals surface area (Å²) in [5.41, 5.74) is 1.43. The summed E-state index contributed by atoms with van der Waals surface area (Å²) < 4.78 is 16.5. The van der Waals surface area contributed by atoms with Crippen molar-refractivity contribution in [3.05, 3.63) is 41.3 Å². The number of aryl methyl sites for hydroxylation is 2. The zero-order chi connectivity index (χ0) is 19.4. The molecule has 1 fully saturated rings. The molecule has 0 spiro atoms. The van der Waals surface area contributed by atoms with E-state index in [1.54, 1.807) is 32.4 Å². The molecule has 7 nitrogen and oxygen atoms in total. The van der Waals surface area contributed by atoms with Gasteiger partial charge < -0.3 is 19.1 Å².